The van der Waals surface area contributed by atoms with E-state index >= 15 is 0 Å². The Hall–Kier alpha value is -0.300. The van der Waals surface area contributed by atoms with Crippen LogP contribution in [0.3, 0.4) is 0 Å². The number of aliphatic hydroxyl groups is 1. The van der Waals surface area contributed by atoms with Crippen molar-refractivity contribution in [2.24, 2.45) is 11.3 Å². The van der Waals surface area contributed by atoms with Crippen LogP contribution < -0.4 is 0 Å². The quantitative estimate of drug-likeness (QED) is 0.643. The van der Waals surface area contributed by atoms with Crippen molar-refractivity contribution in [3.8, 4) is 0 Å². The summed E-state index contributed by atoms with van der Waals surface area (Å²) in [6.45, 7) is 12.4. The third-order valence-electron chi connectivity index (χ3n) is 2.52. The lowest BCUT2D eigenvalue weighted by atomic mass is 9.76. The summed E-state index contributed by atoms with van der Waals surface area (Å²) in [5, 5.41) is 9.40. The fraction of sp³-hybridized carbons (Fsp3) is 0.818. The van der Waals surface area contributed by atoms with Gasteiger partial charge in [0.15, 0.2) is 0 Å². The number of rotatable bonds is 4. The summed E-state index contributed by atoms with van der Waals surface area (Å²) in [5.74, 6) is 0.575. The molecule has 2 unspecified atom stereocenters. The summed E-state index contributed by atoms with van der Waals surface area (Å²) in [6, 6.07) is 0. The van der Waals surface area contributed by atoms with Crippen LogP contribution in [0.15, 0.2) is 12.7 Å². The topological polar surface area (TPSA) is 20.2 Å². The molecule has 2 atom stereocenters. The minimum atomic E-state index is -0.339. The van der Waals surface area contributed by atoms with Crippen LogP contribution in [0.2, 0.25) is 0 Å². The highest BCUT2D eigenvalue weighted by Crippen LogP contribution is 2.32. The Morgan fingerprint density at radius 3 is 2.17 bits per heavy atom. The summed E-state index contributed by atoms with van der Waals surface area (Å²) in [5.41, 5.74) is 0.290. The van der Waals surface area contributed by atoms with Crippen LogP contribution in [-0.2, 0) is 0 Å². The highest BCUT2D eigenvalue weighted by molar-refractivity contribution is 4.83. The van der Waals surface area contributed by atoms with E-state index in [1.165, 1.54) is 0 Å². The molecular formula is C11H22O. The van der Waals surface area contributed by atoms with Crippen LogP contribution in [-0.4, -0.2) is 11.2 Å². The smallest absolute Gasteiger partial charge is 0.0721 e. The normalized spacial score (nSPS) is 17.1. The molecule has 0 aromatic heterocycles. The van der Waals surface area contributed by atoms with Gasteiger partial charge in [-0.15, -0.1) is 6.58 Å². The maximum Gasteiger partial charge on any atom is 0.0721 e. The van der Waals surface area contributed by atoms with Gasteiger partial charge in [0.1, 0.15) is 0 Å². The fourth-order valence-electron chi connectivity index (χ4n) is 1.52. The molecule has 0 aromatic rings. The second-order valence-corrected chi connectivity index (χ2v) is 4.51. The molecule has 0 amide bonds. The fourth-order valence-corrected chi connectivity index (χ4v) is 1.52. The van der Waals surface area contributed by atoms with Gasteiger partial charge in [0.2, 0.25) is 0 Å². The molecule has 0 radical (unpaired) electrons. The van der Waals surface area contributed by atoms with Gasteiger partial charge in [-0.25, -0.2) is 0 Å². The summed E-state index contributed by atoms with van der Waals surface area (Å²) in [4.78, 5) is 0. The summed E-state index contributed by atoms with van der Waals surface area (Å²) in [7, 11) is 0. The van der Waals surface area contributed by atoms with E-state index in [0.717, 1.165) is 12.8 Å². The van der Waals surface area contributed by atoms with Crippen molar-refractivity contribution in [3.63, 3.8) is 0 Å². The van der Waals surface area contributed by atoms with Crippen LogP contribution in [0.25, 0.3) is 0 Å². The van der Waals surface area contributed by atoms with Crippen LogP contribution in [0.5, 0.6) is 0 Å². The molecule has 0 aromatic carbocycles. The molecule has 0 heterocycles. The summed E-state index contributed by atoms with van der Waals surface area (Å²) >= 11 is 0. The molecule has 1 N–H and O–H groups in total. The second kappa shape index (κ2) is 4.66. The van der Waals surface area contributed by atoms with E-state index in [4.69, 9.17) is 0 Å². The summed E-state index contributed by atoms with van der Waals surface area (Å²) in [6.07, 6.45) is 3.24. The van der Waals surface area contributed by atoms with Crippen molar-refractivity contribution in [1.82, 2.24) is 0 Å². The third kappa shape index (κ3) is 3.91. The first-order valence-electron chi connectivity index (χ1n) is 4.72. The molecule has 0 aliphatic rings. The standard InChI is InChI=1S/C11H22O/c1-6-9(11(3,4)5)8-10(12)7-2/h7,9-10,12H,2,6,8H2,1,3-5H3. The number of hydrogen-bond donors (Lipinski definition) is 1. The van der Waals surface area contributed by atoms with Gasteiger partial charge in [-0.05, 0) is 17.8 Å². The van der Waals surface area contributed by atoms with Gasteiger partial charge in [0.05, 0.1) is 6.10 Å². The van der Waals surface area contributed by atoms with Gasteiger partial charge in [0.25, 0.3) is 0 Å². The molecule has 0 aliphatic carbocycles. The first-order chi connectivity index (χ1) is 5.41. The Labute approximate surface area is 76.5 Å². The third-order valence-corrected chi connectivity index (χ3v) is 2.52. The molecule has 72 valence electrons. The molecule has 0 fully saturated rings. The van der Waals surface area contributed by atoms with Gasteiger partial charge in [-0.2, -0.15) is 0 Å². The molecule has 0 aliphatic heterocycles. The van der Waals surface area contributed by atoms with Crippen molar-refractivity contribution >= 4 is 0 Å². The zero-order chi connectivity index (χ0) is 9.78. The van der Waals surface area contributed by atoms with E-state index in [1.54, 1.807) is 6.08 Å². The van der Waals surface area contributed by atoms with Gasteiger partial charge in [0, 0.05) is 0 Å². The molecule has 1 nitrogen and oxygen atoms in total. The van der Waals surface area contributed by atoms with E-state index in [2.05, 4.69) is 34.3 Å². The van der Waals surface area contributed by atoms with Crippen molar-refractivity contribution in [2.75, 3.05) is 0 Å². The van der Waals surface area contributed by atoms with Gasteiger partial charge >= 0.3 is 0 Å². The maximum atomic E-state index is 9.40. The Morgan fingerprint density at radius 2 is 1.92 bits per heavy atom. The monoisotopic (exact) mass is 170 g/mol. The SMILES string of the molecule is C=CC(O)CC(CC)C(C)(C)C. The minimum Gasteiger partial charge on any atom is -0.389 e. The van der Waals surface area contributed by atoms with E-state index in [9.17, 15) is 5.11 Å². The van der Waals surface area contributed by atoms with Crippen molar-refractivity contribution in [2.45, 2.75) is 46.6 Å². The second-order valence-electron chi connectivity index (χ2n) is 4.51. The number of hydrogen-bond acceptors (Lipinski definition) is 1. The first kappa shape index (κ1) is 11.7. The van der Waals surface area contributed by atoms with Crippen LogP contribution in [0.4, 0.5) is 0 Å². The zero-order valence-corrected chi connectivity index (χ0v) is 8.80. The lowest BCUT2D eigenvalue weighted by molar-refractivity contribution is 0.130. The highest BCUT2D eigenvalue weighted by atomic mass is 16.3. The average Bonchev–Trinajstić information content (AvgIpc) is 1.97. The molecule has 12 heavy (non-hydrogen) atoms. The molecule has 0 rings (SSSR count). The summed E-state index contributed by atoms with van der Waals surface area (Å²) < 4.78 is 0. The Kier molecular flexibility index (Phi) is 4.54. The molecule has 1 heteroatoms. The van der Waals surface area contributed by atoms with Gasteiger partial charge < -0.3 is 5.11 Å². The Balaban J connectivity index is 4.08. The Morgan fingerprint density at radius 1 is 1.42 bits per heavy atom. The molecular weight excluding hydrogens is 148 g/mol. The molecule has 0 saturated carbocycles. The molecule has 0 bridgehead atoms. The molecule has 0 spiro atoms. The predicted octanol–water partition coefficient (Wildman–Crippen LogP) is 3.00. The minimum absolute atomic E-state index is 0.290. The van der Waals surface area contributed by atoms with Gasteiger partial charge in [-0.3, -0.25) is 0 Å². The van der Waals surface area contributed by atoms with Crippen molar-refractivity contribution in [1.29, 1.82) is 0 Å². The van der Waals surface area contributed by atoms with E-state index < -0.39 is 0 Å². The van der Waals surface area contributed by atoms with Crippen LogP contribution in [0, 0.1) is 11.3 Å². The van der Waals surface area contributed by atoms with Crippen LogP contribution >= 0.6 is 0 Å². The zero-order valence-electron chi connectivity index (χ0n) is 8.80. The first-order valence-corrected chi connectivity index (χ1v) is 4.72. The highest BCUT2D eigenvalue weighted by Gasteiger charge is 2.24. The van der Waals surface area contributed by atoms with E-state index in [1.807, 2.05) is 0 Å². The molecule has 0 saturated heterocycles. The van der Waals surface area contributed by atoms with Crippen LogP contribution in [0.1, 0.15) is 40.5 Å². The van der Waals surface area contributed by atoms with Gasteiger partial charge in [-0.1, -0.05) is 40.2 Å². The van der Waals surface area contributed by atoms with E-state index in [0.29, 0.717) is 11.3 Å². The largest absolute Gasteiger partial charge is 0.389 e. The predicted molar refractivity (Wildman–Crippen MR) is 54.1 cm³/mol. The van der Waals surface area contributed by atoms with E-state index in [-0.39, 0.29) is 6.10 Å². The Bertz CT molecular complexity index is 132. The maximum absolute atomic E-state index is 9.40. The van der Waals surface area contributed by atoms with Crippen molar-refractivity contribution < 1.29 is 5.11 Å². The number of aliphatic hydroxyl groups excluding tert-OH is 1. The lowest BCUT2D eigenvalue weighted by Gasteiger charge is -2.30. The average molecular weight is 170 g/mol. The van der Waals surface area contributed by atoms with Crippen molar-refractivity contribution in [3.05, 3.63) is 12.7 Å². The lowest BCUT2D eigenvalue weighted by Crippen LogP contribution is -2.23.